The van der Waals surface area contributed by atoms with Gasteiger partial charge in [0.15, 0.2) is 11.8 Å². The van der Waals surface area contributed by atoms with E-state index in [0.717, 1.165) is 23.9 Å². The molecular formula is C26H21F3N8O2. The molecule has 0 spiro atoms. The molecule has 1 aromatic carbocycles. The largest absolute Gasteiger partial charge is 0.418 e. The van der Waals surface area contributed by atoms with Crippen molar-refractivity contribution in [2.45, 2.75) is 26.1 Å². The highest BCUT2D eigenvalue weighted by Crippen LogP contribution is 2.34. The third kappa shape index (κ3) is 5.38. The molecule has 13 heteroatoms. The number of aliphatic hydroxyl groups excluding tert-OH is 1. The van der Waals surface area contributed by atoms with E-state index in [2.05, 4.69) is 40.5 Å². The van der Waals surface area contributed by atoms with Crippen LogP contribution in [0.1, 0.15) is 33.5 Å². The highest BCUT2D eigenvalue weighted by atomic mass is 19.4. The number of aromatic nitrogens is 6. The summed E-state index contributed by atoms with van der Waals surface area (Å²) in [4.78, 5) is 37.3. The van der Waals surface area contributed by atoms with E-state index in [0.29, 0.717) is 45.4 Å². The summed E-state index contributed by atoms with van der Waals surface area (Å²) in [5, 5.41) is 15.4. The van der Waals surface area contributed by atoms with Gasteiger partial charge in [0.2, 0.25) is 0 Å². The molecule has 39 heavy (non-hydrogen) atoms. The number of rotatable bonds is 6. The molecule has 198 valence electrons. The highest BCUT2D eigenvalue weighted by Gasteiger charge is 2.39. The van der Waals surface area contributed by atoms with Crippen molar-refractivity contribution in [2.24, 2.45) is 0 Å². The summed E-state index contributed by atoms with van der Waals surface area (Å²) in [5.74, 6) is 0.439. The molecule has 1 amide bonds. The molecule has 4 aromatic heterocycles. The molecule has 0 aliphatic heterocycles. The van der Waals surface area contributed by atoms with Gasteiger partial charge in [-0.3, -0.25) is 9.78 Å². The van der Waals surface area contributed by atoms with Crippen molar-refractivity contribution in [2.75, 3.05) is 10.6 Å². The van der Waals surface area contributed by atoms with Crippen LogP contribution in [0.3, 0.4) is 0 Å². The molecule has 5 aromatic rings. The fourth-order valence-corrected chi connectivity index (χ4v) is 3.92. The van der Waals surface area contributed by atoms with Crippen LogP contribution in [0, 0.1) is 13.8 Å². The molecule has 1 atom stereocenters. The molecule has 4 heterocycles. The summed E-state index contributed by atoms with van der Waals surface area (Å²) in [6, 6.07) is 10.6. The summed E-state index contributed by atoms with van der Waals surface area (Å²) in [6.45, 7) is 3.68. The number of H-pyrrole nitrogens is 1. The minimum absolute atomic E-state index is 0.278. The van der Waals surface area contributed by atoms with E-state index in [4.69, 9.17) is 0 Å². The quantitative estimate of drug-likeness (QED) is 0.238. The zero-order valence-corrected chi connectivity index (χ0v) is 20.6. The van der Waals surface area contributed by atoms with Gasteiger partial charge in [-0.2, -0.15) is 13.2 Å². The lowest BCUT2D eigenvalue weighted by molar-refractivity contribution is -0.206. The van der Waals surface area contributed by atoms with Crippen LogP contribution in [0.4, 0.5) is 30.4 Å². The van der Waals surface area contributed by atoms with Crippen LogP contribution in [0.2, 0.25) is 0 Å². The SMILES string of the molecule is Cc1nc2c(-c3cccnc3Nc3cc(NC(=O)c4cc(C(O)C(F)(F)F)ccn4)ccc3C)ncnc2[nH]1. The number of aryl methyl sites for hydroxylation is 2. The van der Waals surface area contributed by atoms with Crippen LogP contribution in [0.5, 0.6) is 0 Å². The van der Waals surface area contributed by atoms with Gasteiger partial charge in [-0.1, -0.05) is 6.07 Å². The lowest BCUT2D eigenvalue weighted by atomic mass is 10.1. The maximum Gasteiger partial charge on any atom is 0.418 e. The molecule has 1 unspecified atom stereocenters. The number of nitrogens with one attached hydrogen (secondary N) is 3. The van der Waals surface area contributed by atoms with Crippen LogP contribution in [0.25, 0.3) is 22.4 Å². The van der Waals surface area contributed by atoms with E-state index in [1.807, 2.05) is 19.9 Å². The van der Waals surface area contributed by atoms with E-state index in [1.54, 1.807) is 30.5 Å². The van der Waals surface area contributed by atoms with E-state index >= 15 is 0 Å². The van der Waals surface area contributed by atoms with Gasteiger partial charge in [-0.25, -0.2) is 19.9 Å². The number of hydrogen-bond donors (Lipinski definition) is 4. The van der Waals surface area contributed by atoms with Gasteiger partial charge in [0.1, 0.15) is 34.9 Å². The number of alkyl halides is 3. The van der Waals surface area contributed by atoms with Crippen molar-refractivity contribution >= 4 is 34.3 Å². The third-order valence-corrected chi connectivity index (χ3v) is 5.85. The van der Waals surface area contributed by atoms with Gasteiger partial charge in [-0.15, -0.1) is 0 Å². The summed E-state index contributed by atoms with van der Waals surface area (Å²) < 4.78 is 38.7. The summed E-state index contributed by atoms with van der Waals surface area (Å²) in [7, 11) is 0. The number of aromatic amines is 1. The normalized spacial score (nSPS) is 12.4. The number of pyridine rings is 2. The Morgan fingerprint density at radius 2 is 1.85 bits per heavy atom. The molecule has 4 N–H and O–H groups in total. The first-order valence-corrected chi connectivity index (χ1v) is 11.6. The number of nitrogens with zero attached hydrogens (tertiary/aromatic N) is 5. The number of aliphatic hydroxyl groups is 1. The molecule has 0 bridgehead atoms. The summed E-state index contributed by atoms with van der Waals surface area (Å²) in [6.07, 6.45) is -3.50. The Hall–Kier alpha value is -4.91. The Bertz CT molecular complexity index is 1690. The van der Waals surface area contributed by atoms with Crippen LogP contribution in [-0.4, -0.2) is 47.1 Å². The number of fused-ring (bicyclic) bond motifs is 1. The number of anilines is 3. The maximum absolute atomic E-state index is 12.9. The average Bonchev–Trinajstić information content (AvgIpc) is 3.30. The zero-order valence-electron chi connectivity index (χ0n) is 20.6. The number of amides is 1. The van der Waals surface area contributed by atoms with Crippen LogP contribution in [0.15, 0.2) is 61.2 Å². The minimum Gasteiger partial charge on any atom is -0.379 e. The van der Waals surface area contributed by atoms with Crippen molar-refractivity contribution in [1.82, 2.24) is 29.9 Å². The summed E-state index contributed by atoms with van der Waals surface area (Å²) >= 11 is 0. The average molecular weight is 535 g/mol. The fraction of sp³-hybridized carbons (Fsp3) is 0.154. The predicted octanol–water partition coefficient (Wildman–Crippen LogP) is 5.02. The van der Waals surface area contributed by atoms with Gasteiger partial charge in [0.25, 0.3) is 5.91 Å². The van der Waals surface area contributed by atoms with Gasteiger partial charge < -0.3 is 20.7 Å². The lowest BCUT2D eigenvalue weighted by Crippen LogP contribution is -2.21. The number of carbonyl (C=O) groups is 1. The van der Waals surface area contributed by atoms with Crippen LogP contribution in [-0.2, 0) is 0 Å². The molecule has 5 rings (SSSR count). The van der Waals surface area contributed by atoms with E-state index < -0.39 is 23.8 Å². The zero-order chi connectivity index (χ0) is 27.7. The van der Waals surface area contributed by atoms with Crippen molar-refractivity contribution in [3.8, 4) is 11.3 Å². The van der Waals surface area contributed by atoms with Crippen molar-refractivity contribution in [3.63, 3.8) is 0 Å². The number of imidazole rings is 1. The Balaban J connectivity index is 1.42. The second kappa shape index (κ2) is 10.1. The van der Waals surface area contributed by atoms with E-state index in [9.17, 15) is 23.1 Å². The first-order valence-electron chi connectivity index (χ1n) is 11.6. The molecule has 0 fully saturated rings. The fourth-order valence-electron chi connectivity index (χ4n) is 3.92. The summed E-state index contributed by atoms with van der Waals surface area (Å²) in [5.41, 5.74) is 3.49. The topological polar surface area (TPSA) is 142 Å². The second-order valence-corrected chi connectivity index (χ2v) is 8.67. The standard InChI is InChI=1S/C26H21F3N8O2/c1-13-5-6-16(36-25(39)19-10-15(7-9-30-19)22(38)26(27,28)29)11-18(13)37-23-17(4-3-8-31-23)20-21-24(33-12-32-20)35-14(2)34-21/h3-12,22,38H,1-2H3,(H,31,37)(H,36,39)(H,32,33,34,35). The van der Waals surface area contributed by atoms with E-state index in [-0.39, 0.29) is 5.69 Å². The predicted molar refractivity (Wildman–Crippen MR) is 137 cm³/mol. The molecule has 0 radical (unpaired) electrons. The van der Waals surface area contributed by atoms with Gasteiger partial charge in [-0.05, 0) is 61.4 Å². The lowest BCUT2D eigenvalue weighted by Gasteiger charge is -2.16. The van der Waals surface area contributed by atoms with Crippen molar-refractivity contribution < 1.29 is 23.1 Å². The molecular weight excluding hydrogens is 513 g/mol. The number of benzene rings is 1. The van der Waals surface area contributed by atoms with Gasteiger partial charge in [0.05, 0.1) is 0 Å². The van der Waals surface area contributed by atoms with Crippen LogP contribution >= 0.6 is 0 Å². The second-order valence-electron chi connectivity index (χ2n) is 8.67. The Morgan fingerprint density at radius 3 is 2.64 bits per heavy atom. The van der Waals surface area contributed by atoms with Crippen molar-refractivity contribution in [1.29, 1.82) is 0 Å². The Labute approximate surface area is 219 Å². The third-order valence-electron chi connectivity index (χ3n) is 5.85. The molecule has 0 aliphatic rings. The smallest absolute Gasteiger partial charge is 0.379 e. The molecule has 0 saturated carbocycles. The molecule has 0 saturated heterocycles. The number of hydrogen-bond acceptors (Lipinski definition) is 8. The Kier molecular flexibility index (Phi) is 6.66. The first kappa shape index (κ1) is 25.7. The number of carbonyl (C=O) groups excluding carboxylic acids is 1. The Morgan fingerprint density at radius 1 is 1.03 bits per heavy atom. The van der Waals surface area contributed by atoms with Gasteiger partial charge in [0, 0.05) is 29.3 Å². The minimum atomic E-state index is -4.87. The highest BCUT2D eigenvalue weighted by molar-refractivity contribution is 6.03. The monoisotopic (exact) mass is 534 g/mol. The first-order chi connectivity index (χ1) is 18.6. The number of halogens is 3. The van der Waals surface area contributed by atoms with Gasteiger partial charge >= 0.3 is 6.18 Å². The molecule has 10 nitrogen and oxygen atoms in total. The van der Waals surface area contributed by atoms with E-state index in [1.165, 1.54) is 6.33 Å². The van der Waals surface area contributed by atoms with Crippen molar-refractivity contribution in [3.05, 3.63) is 83.8 Å². The maximum atomic E-state index is 12.9. The molecule has 0 aliphatic carbocycles. The van der Waals surface area contributed by atoms with Crippen LogP contribution < -0.4 is 10.6 Å².